The zero-order valence-corrected chi connectivity index (χ0v) is 27.9. The van der Waals surface area contributed by atoms with Gasteiger partial charge >= 0.3 is 0 Å². The highest BCUT2D eigenvalue weighted by atomic mass is 16.3. The lowest BCUT2D eigenvalue weighted by molar-refractivity contribution is -0.176. The van der Waals surface area contributed by atoms with E-state index in [1.54, 1.807) is 0 Å². The zero-order chi connectivity index (χ0) is 33.2. The molecule has 2 fully saturated rings. The normalized spacial score (nSPS) is 25.8. The standard InChI is InChI=1S/C38H50O6/c1-23(2)11-10-12-26(7)18-19-37-22-28(15-13-24(3)4)36(8,9)38(35(37)44,20-17-25(5)6)34(43)31(33(37)42)32(41)27-14-16-29(39)30(40)21-27/h11,13-14,16-18,21,28,39-41H,10,12,15,19-20,22H2,1-9H3/t28-,37+,38-/m0/s1. The number of benzene rings is 1. The van der Waals surface area contributed by atoms with E-state index < -0.39 is 50.6 Å². The molecule has 1 aromatic rings. The Morgan fingerprint density at radius 3 is 2.00 bits per heavy atom. The van der Waals surface area contributed by atoms with Gasteiger partial charge in [-0.3, -0.25) is 14.4 Å². The molecular weight excluding hydrogens is 552 g/mol. The maximum Gasteiger partial charge on any atom is 0.184 e. The molecule has 2 bridgehead atoms. The molecule has 0 heterocycles. The van der Waals surface area contributed by atoms with Crippen molar-refractivity contribution in [3.8, 4) is 11.5 Å². The molecule has 3 atom stereocenters. The van der Waals surface area contributed by atoms with Gasteiger partial charge in [0.25, 0.3) is 0 Å². The third kappa shape index (κ3) is 6.27. The number of aliphatic hydroxyl groups is 1. The van der Waals surface area contributed by atoms with Crippen LogP contribution in [0, 0.1) is 22.2 Å². The Bertz CT molecular complexity index is 1480. The van der Waals surface area contributed by atoms with Gasteiger partial charge < -0.3 is 15.3 Å². The second-order valence-electron chi connectivity index (χ2n) is 14.1. The van der Waals surface area contributed by atoms with Gasteiger partial charge in [-0.2, -0.15) is 0 Å². The molecule has 3 rings (SSSR count). The van der Waals surface area contributed by atoms with Crippen LogP contribution >= 0.6 is 0 Å². The van der Waals surface area contributed by atoms with E-state index in [-0.39, 0.29) is 36.5 Å². The molecule has 0 unspecified atom stereocenters. The van der Waals surface area contributed by atoms with Crippen LogP contribution < -0.4 is 0 Å². The first kappa shape index (κ1) is 34.8. The number of carbonyl (C=O) groups is 3. The molecule has 6 nitrogen and oxygen atoms in total. The maximum atomic E-state index is 15.0. The SMILES string of the molecule is CC(C)=CCCC(C)=CC[C@@]12C[C@H](CC=C(C)C)C(C)(C)[C@@](CC=C(C)C)(C(=O)C(=C(O)c3ccc(O)c(O)c3)C1=O)C2=O. The van der Waals surface area contributed by atoms with Gasteiger partial charge in [0.15, 0.2) is 28.8 Å². The number of aromatic hydroxyl groups is 2. The van der Waals surface area contributed by atoms with Crippen LogP contribution in [0.3, 0.4) is 0 Å². The quantitative estimate of drug-likeness (QED) is 0.0616. The fourth-order valence-electron chi connectivity index (χ4n) is 6.86. The van der Waals surface area contributed by atoms with Gasteiger partial charge in [0.1, 0.15) is 16.7 Å². The van der Waals surface area contributed by atoms with Crippen molar-refractivity contribution in [3.05, 3.63) is 75.9 Å². The van der Waals surface area contributed by atoms with Crippen LogP contribution in [0.4, 0.5) is 0 Å². The zero-order valence-electron chi connectivity index (χ0n) is 27.9. The molecule has 0 aliphatic heterocycles. The fourth-order valence-corrected chi connectivity index (χ4v) is 6.86. The van der Waals surface area contributed by atoms with Gasteiger partial charge in [0, 0.05) is 5.56 Å². The van der Waals surface area contributed by atoms with Crippen LogP contribution in [0.5, 0.6) is 11.5 Å². The summed E-state index contributed by atoms with van der Waals surface area (Å²) < 4.78 is 0. The molecule has 0 amide bonds. The van der Waals surface area contributed by atoms with Crippen molar-refractivity contribution < 1.29 is 29.7 Å². The van der Waals surface area contributed by atoms with Crippen molar-refractivity contribution in [1.82, 2.24) is 0 Å². The summed E-state index contributed by atoms with van der Waals surface area (Å²) in [6.07, 6.45) is 10.9. The first-order valence-electron chi connectivity index (χ1n) is 15.6. The van der Waals surface area contributed by atoms with Crippen LogP contribution in [-0.4, -0.2) is 32.7 Å². The minimum absolute atomic E-state index is 0.0179. The Morgan fingerprint density at radius 1 is 0.818 bits per heavy atom. The van der Waals surface area contributed by atoms with E-state index in [1.807, 2.05) is 74.5 Å². The number of hydrogen-bond donors (Lipinski definition) is 3. The van der Waals surface area contributed by atoms with Crippen molar-refractivity contribution in [2.75, 3.05) is 0 Å². The van der Waals surface area contributed by atoms with E-state index in [0.29, 0.717) is 6.42 Å². The molecule has 0 spiro atoms. The van der Waals surface area contributed by atoms with Gasteiger partial charge in [0.2, 0.25) is 0 Å². The average molecular weight is 603 g/mol. The van der Waals surface area contributed by atoms with E-state index in [9.17, 15) is 24.9 Å². The Morgan fingerprint density at radius 2 is 1.43 bits per heavy atom. The molecule has 0 aromatic heterocycles. The van der Waals surface area contributed by atoms with E-state index in [0.717, 1.165) is 35.6 Å². The highest BCUT2D eigenvalue weighted by Gasteiger charge is 2.73. The molecular formula is C38H50O6. The highest BCUT2D eigenvalue weighted by molar-refractivity contribution is 6.41. The first-order valence-corrected chi connectivity index (χ1v) is 15.6. The van der Waals surface area contributed by atoms with Crippen LogP contribution in [0.1, 0.15) is 106 Å². The average Bonchev–Trinajstić information content (AvgIpc) is 2.92. The summed E-state index contributed by atoms with van der Waals surface area (Å²) in [5.41, 5.74) is -0.0424. The molecule has 44 heavy (non-hydrogen) atoms. The van der Waals surface area contributed by atoms with Gasteiger partial charge in [0.05, 0.1) is 5.41 Å². The molecule has 0 radical (unpaired) electrons. The molecule has 2 saturated carbocycles. The van der Waals surface area contributed by atoms with Crippen molar-refractivity contribution in [2.24, 2.45) is 22.2 Å². The second-order valence-corrected chi connectivity index (χ2v) is 14.1. The molecule has 2 aliphatic carbocycles. The lowest BCUT2D eigenvalue weighted by Crippen LogP contribution is -2.69. The highest BCUT2D eigenvalue weighted by Crippen LogP contribution is 2.65. The smallest absolute Gasteiger partial charge is 0.184 e. The van der Waals surface area contributed by atoms with Crippen molar-refractivity contribution in [3.63, 3.8) is 0 Å². The van der Waals surface area contributed by atoms with Crippen molar-refractivity contribution in [1.29, 1.82) is 0 Å². The largest absolute Gasteiger partial charge is 0.506 e. The Kier molecular flexibility index (Phi) is 10.4. The van der Waals surface area contributed by atoms with Crippen molar-refractivity contribution >= 4 is 23.1 Å². The first-order chi connectivity index (χ1) is 20.4. The maximum absolute atomic E-state index is 15.0. The summed E-state index contributed by atoms with van der Waals surface area (Å²) in [6.45, 7) is 17.8. The lowest BCUT2D eigenvalue weighted by atomic mass is 9.38. The summed E-state index contributed by atoms with van der Waals surface area (Å²) in [6, 6.07) is 3.66. The predicted octanol–water partition coefficient (Wildman–Crippen LogP) is 8.90. The number of phenols is 2. The minimum Gasteiger partial charge on any atom is -0.506 e. The Balaban J connectivity index is 2.37. The number of ketones is 3. The van der Waals surface area contributed by atoms with Gasteiger partial charge in [-0.15, -0.1) is 0 Å². The predicted molar refractivity (Wildman–Crippen MR) is 176 cm³/mol. The number of hydrogen-bond acceptors (Lipinski definition) is 6. The van der Waals surface area contributed by atoms with Crippen LogP contribution in [-0.2, 0) is 14.4 Å². The van der Waals surface area contributed by atoms with Gasteiger partial charge in [-0.1, -0.05) is 60.4 Å². The molecule has 3 N–H and O–H groups in total. The van der Waals surface area contributed by atoms with Gasteiger partial charge in [-0.05, 0) is 117 Å². The van der Waals surface area contributed by atoms with Crippen LogP contribution in [0.25, 0.3) is 5.76 Å². The van der Waals surface area contributed by atoms with E-state index in [1.165, 1.54) is 17.7 Å². The fraction of sp³-hybridized carbons (Fsp3) is 0.500. The monoisotopic (exact) mass is 602 g/mol. The summed E-state index contributed by atoms with van der Waals surface area (Å²) in [7, 11) is 0. The van der Waals surface area contributed by atoms with E-state index in [4.69, 9.17) is 0 Å². The van der Waals surface area contributed by atoms with E-state index >= 15 is 4.79 Å². The second kappa shape index (κ2) is 13.1. The number of aliphatic hydroxyl groups excluding tert-OH is 1. The molecule has 1 aromatic carbocycles. The molecule has 2 aliphatic rings. The number of rotatable bonds is 10. The third-order valence-corrected chi connectivity index (χ3v) is 9.82. The van der Waals surface area contributed by atoms with Gasteiger partial charge in [-0.25, -0.2) is 0 Å². The third-order valence-electron chi connectivity index (χ3n) is 9.82. The molecule has 6 heteroatoms. The minimum atomic E-state index is -1.59. The number of allylic oxidation sites excluding steroid dienone is 9. The van der Waals surface area contributed by atoms with Crippen molar-refractivity contribution in [2.45, 2.75) is 101 Å². The number of Topliss-reactive ketones (excluding diaryl/α,β-unsaturated/α-hetero) is 3. The summed E-state index contributed by atoms with van der Waals surface area (Å²) >= 11 is 0. The number of carbonyl (C=O) groups excluding carboxylic acids is 3. The van der Waals surface area contributed by atoms with E-state index in [2.05, 4.69) is 12.2 Å². The topological polar surface area (TPSA) is 112 Å². The van der Waals surface area contributed by atoms with Crippen LogP contribution in [0.2, 0.25) is 0 Å². The Labute approximate surface area is 263 Å². The molecule has 0 saturated heterocycles. The summed E-state index contributed by atoms with van der Waals surface area (Å²) in [5, 5.41) is 31.6. The Hall–Kier alpha value is -3.67. The summed E-state index contributed by atoms with van der Waals surface area (Å²) in [4.78, 5) is 44.5. The molecule has 238 valence electrons. The number of phenolic OH excluding ortho intramolecular Hbond substituents is 2. The van der Waals surface area contributed by atoms with Crippen LogP contribution in [0.15, 0.2) is 70.4 Å². The summed E-state index contributed by atoms with van der Waals surface area (Å²) in [5.74, 6) is -3.35. The number of fused-ring (bicyclic) bond motifs is 2. The lowest BCUT2D eigenvalue weighted by Gasteiger charge is -2.60.